The standard InChI is InChI=1S/C19H19BrN2O4/c1-12(23)21-15-7-9-18(26-2)16(11-15)22-19(25)10-8-17(24)13-3-5-14(20)6-4-13/h3-7,9,11H,8,10H2,1-2H3,(H,21,23)(H,22,25). The van der Waals surface area contributed by atoms with Crippen LogP contribution in [0.3, 0.4) is 0 Å². The smallest absolute Gasteiger partial charge is 0.224 e. The lowest BCUT2D eigenvalue weighted by molar-refractivity contribution is -0.116. The van der Waals surface area contributed by atoms with Gasteiger partial charge in [-0.1, -0.05) is 28.1 Å². The zero-order chi connectivity index (χ0) is 19.1. The fraction of sp³-hybridized carbons (Fsp3) is 0.211. The average molecular weight is 419 g/mol. The maximum Gasteiger partial charge on any atom is 0.224 e. The Morgan fingerprint density at radius 2 is 1.69 bits per heavy atom. The minimum absolute atomic E-state index is 0.0441. The van der Waals surface area contributed by atoms with Crippen LogP contribution >= 0.6 is 15.9 Å². The molecule has 2 amide bonds. The molecule has 0 aliphatic rings. The summed E-state index contributed by atoms with van der Waals surface area (Å²) < 4.78 is 6.10. The maximum absolute atomic E-state index is 12.2. The van der Waals surface area contributed by atoms with Gasteiger partial charge in [-0.3, -0.25) is 14.4 Å². The lowest BCUT2D eigenvalue weighted by Gasteiger charge is -2.12. The summed E-state index contributed by atoms with van der Waals surface area (Å²) in [5.74, 6) is -0.167. The summed E-state index contributed by atoms with van der Waals surface area (Å²) >= 11 is 3.31. The second-order valence-corrected chi connectivity index (χ2v) is 6.49. The highest BCUT2D eigenvalue weighted by Gasteiger charge is 2.12. The van der Waals surface area contributed by atoms with E-state index in [1.165, 1.54) is 14.0 Å². The van der Waals surface area contributed by atoms with Crippen LogP contribution in [0.1, 0.15) is 30.1 Å². The molecule has 0 aliphatic carbocycles. The largest absolute Gasteiger partial charge is 0.495 e. The highest BCUT2D eigenvalue weighted by atomic mass is 79.9. The van der Waals surface area contributed by atoms with E-state index in [1.807, 2.05) is 0 Å². The molecule has 0 unspecified atom stereocenters. The van der Waals surface area contributed by atoms with E-state index in [1.54, 1.807) is 42.5 Å². The summed E-state index contributed by atoms with van der Waals surface area (Å²) in [4.78, 5) is 35.5. The van der Waals surface area contributed by atoms with Crippen LogP contribution in [0.5, 0.6) is 5.75 Å². The topological polar surface area (TPSA) is 84.5 Å². The Balaban J connectivity index is 1.99. The zero-order valence-electron chi connectivity index (χ0n) is 14.5. The predicted molar refractivity (Wildman–Crippen MR) is 104 cm³/mol. The molecule has 7 heteroatoms. The van der Waals surface area contributed by atoms with Crippen molar-refractivity contribution in [3.63, 3.8) is 0 Å². The number of carbonyl (C=O) groups excluding carboxylic acids is 3. The number of amides is 2. The minimum Gasteiger partial charge on any atom is -0.495 e. The molecule has 0 heterocycles. The molecule has 2 N–H and O–H groups in total. The Kier molecular flexibility index (Phi) is 6.91. The van der Waals surface area contributed by atoms with E-state index in [2.05, 4.69) is 26.6 Å². The molecule has 6 nitrogen and oxygen atoms in total. The summed E-state index contributed by atoms with van der Waals surface area (Å²) in [5.41, 5.74) is 1.53. The summed E-state index contributed by atoms with van der Waals surface area (Å²) in [6, 6.07) is 11.9. The van der Waals surface area contributed by atoms with Gasteiger partial charge in [0.1, 0.15) is 5.75 Å². The summed E-state index contributed by atoms with van der Waals surface area (Å²) in [7, 11) is 1.49. The molecule has 0 fully saturated rings. The summed E-state index contributed by atoms with van der Waals surface area (Å²) in [6.45, 7) is 1.40. The second-order valence-electron chi connectivity index (χ2n) is 5.57. The quantitative estimate of drug-likeness (QED) is 0.664. The van der Waals surface area contributed by atoms with E-state index in [0.717, 1.165) is 4.47 Å². The van der Waals surface area contributed by atoms with Gasteiger partial charge >= 0.3 is 0 Å². The van der Waals surface area contributed by atoms with E-state index >= 15 is 0 Å². The van der Waals surface area contributed by atoms with Gasteiger partial charge in [0.25, 0.3) is 0 Å². The van der Waals surface area contributed by atoms with Crippen molar-refractivity contribution in [3.8, 4) is 5.75 Å². The van der Waals surface area contributed by atoms with Gasteiger partial charge in [-0.15, -0.1) is 0 Å². The normalized spacial score (nSPS) is 10.1. The van der Waals surface area contributed by atoms with Crippen molar-refractivity contribution in [3.05, 3.63) is 52.5 Å². The van der Waals surface area contributed by atoms with Crippen LogP contribution in [0.15, 0.2) is 46.9 Å². The lowest BCUT2D eigenvalue weighted by Crippen LogP contribution is -2.14. The van der Waals surface area contributed by atoms with E-state index in [9.17, 15) is 14.4 Å². The first-order chi connectivity index (χ1) is 12.4. The Hall–Kier alpha value is -2.67. The number of ketones is 1. The molecule has 0 atom stereocenters. The number of rotatable bonds is 7. The van der Waals surface area contributed by atoms with Crippen LogP contribution in [0, 0.1) is 0 Å². The van der Waals surface area contributed by atoms with Crippen LogP contribution in [0.2, 0.25) is 0 Å². The number of hydrogen-bond donors (Lipinski definition) is 2. The molecule has 2 rings (SSSR count). The van der Waals surface area contributed by atoms with E-state index in [4.69, 9.17) is 4.74 Å². The first-order valence-electron chi connectivity index (χ1n) is 7.93. The average Bonchev–Trinajstić information content (AvgIpc) is 2.60. The van der Waals surface area contributed by atoms with E-state index in [-0.39, 0.29) is 30.4 Å². The first-order valence-corrected chi connectivity index (χ1v) is 8.72. The number of halogens is 1. The monoisotopic (exact) mass is 418 g/mol. The molecule has 0 saturated carbocycles. The Bertz CT molecular complexity index is 819. The maximum atomic E-state index is 12.2. The highest BCUT2D eigenvalue weighted by molar-refractivity contribution is 9.10. The third-order valence-electron chi connectivity index (χ3n) is 3.54. The van der Waals surface area contributed by atoms with Gasteiger partial charge in [0, 0.05) is 35.5 Å². The fourth-order valence-electron chi connectivity index (χ4n) is 2.31. The van der Waals surface area contributed by atoms with Crippen LogP contribution in [-0.2, 0) is 9.59 Å². The van der Waals surface area contributed by atoms with Crippen molar-refractivity contribution in [2.75, 3.05) is 17.7 Å². The Morgan fingerprint density at radius 3 is 2.31 bits per heavy atom. The predicted octanol–water partition coefficient (Wildman–Crippen LogP) is 4.02. The van der Waals surface area contributed by atoms with E-state index < -0.39 is 0 Å². The van der Waals surface area contributed by atoms with E-state index in [0.29, 0.717) is 22.7 Å². The number of carbonyl (C=O) groups is 3. The van der Waals surface area contributed by atoms with Crippen molar-refractivity contribution in [2.24, 2.45) is 0 Å². The highest BCUT2D eigenvalue weighted by Crippen LogP contribution is 2.28. The molecule has 0 radical (unpaired) electrons. The molecule has 2 aromatic rings. The van der Waals surface area contributed by atoms with Crippen molar-refractivity contribution in [1.29, 1.82) is 0 Å². The van der Waals surface area contributed by atoms with Crippen molar-refractivity contribution >= 4 is 44.9 Å². The molecular weight excluding hydrogens is 400 g/mol. The minimum atomic E-state index is -0.311. The number of ether oxygens (including phenoxy) is 1. The van der Waals surface area contributed by atoms with Gasteiger partial charge in [0.2, 0.25) is 11.8 Å². The van der Waals surface area contributed by atoms with Crippen LogP contribution < -0.4 is 15.4 Å². The number of Topliss-reactive ketones (excluding diaryl/α,β-unsaturated/α-hetero) is 1. The van der Waals surface area contributed by atoms with Crippen LogP contribution in [0.4, 0.5) is 11.4 Å². The third-order valence-corrected chi connectivity index (χ3v) is 4.07. The number of hydrogen-bond acceptors (Lipinski definition) is 4. The molecule has 0 spiro atoms. The summed E-state index contributed by atoms with van der Waals surface area (Å²) in [6.07, 6.45) is 0.142. The zero-order valence-corrected chi connectivity index (χ0v) is 16.1. The van der Waals surface area contributed by atoms with Crippen molar-refractivity contribution in [2.45, 2.75) is 19.8 Å². The Morgan fingerprint density at radius 1 is 1.00 bits per heavy atom. The van der Waals surface area contributed by atoms with Gasteiger partial charge in [0.15, 0.2) is 5.78 Å². The molecule has 2 aromatic carbocycles. The number of anilines is 2. The number of nitrogens with one attached hydrogen (secondary N) is 2. The van der Waals surface area contributed by atoms with Crippen molar-refractivity contribution in [1.82, 2.24) is 0 Å². The van der Waals surface area contributed by atoms with Gasteiger partial charge in [0.05, 0.1) is 12.8 Å². The molecule has 26 heavy (non-hydrogen) atoms. The molecule has 0 aliphatic heterocycles. The molecular formula is C19H19BrN2O4. The second kappa shape index (κ2) is 9.15. The van der Waals surface area contributed by atoms with Gasteiger partial charge in [-0.05, 0) is 30.3 Å². The van der Waals surface area contributed by atoms with Crippen LogP contribution in [0.25, 0.3) is 0 Å². The van der Waals surface area contributed by atoms with Gasteiger partial charge < -0.3 is 15.4 Å². The lowest BCUT2D eigenvalue weighted by atomic mass is 10.1. The molecule has 0 bridgehead atoms. The molecule has 0 aromatic heterocycles. The fourth-order valence-corrected chi connectivity index (χ4v) is 2.57. The SMILES string of the molecule is COc1ccc(NC(C)=O)cc1NC(=O)CCC(=O)c1ccc(Br)cc1. The third kappa shape index (κ3) is 5.70. The molecule has 0 saturated heterocycles. The van der Waals surface area contributed by atoms with Gasteiger partial charge in [-0.25, -0.2) is 0 Å². The number of benzene rings is 2. The van der Waals surface area contributed by atoms with Gasteiger partial charge in [-0.2, -0.15) is 0 Å². The summed E-state index contributed by atoms with van der Waals surface area (Å²) in [5, 5.41) is 5.36. The number of methoxy groups -OCH3 is 1. The molecule has 136 valence electrons. The van der Waals surface area contributed by atoms with Crippen molar-refractivity contribution < 1.29 is 19.1 Å². The van der Waals surface area contributed by atoms with Crippen LogP contribution in [-0.4, -0.2) is 24.7 Å². The first kappa shape index (κ1) is 19.7. The Labute approximate surface area is 160 Å².